The molecule has 1 aromatic carbocycles. The molecule has 0 aromatic heterocycles. The number of benzene rings is 1. The van der Waals surface area contributed by atoms with Crippen LogP contribution in [-0.4, -0.2) is 30.8 Å². The van der Waals surface area contributed by atoms with Gasteiger partial charge in [0.15, 0.2) is 0 Å². The molecule has 4 nitrogen and oxygen atoms in total. The van der Waals surface area contributed by atoms with E-state index in [0.29, 0.717) is 12.2 Å². The number of aliphatic hydroxyl groups excluding tert-OH is 1. The molecular weight excluding hydrogens is 254 g/mol. The molecule has 2 N–H and O–H groups in total. The van der Waals surface area contributed by atoms with E-state index in [1.807, 2.05) is 25.1 Å². The maximum Gasteiger partial charge on any atom is 0.251 e. The van der Waals surface area contributed by atoms with Crippen LogP contribution in [0.3, 0.4) is 0 Å². The fourth-order valence-corrected chi connectivity index (χ4v) is 2.88. The third-order valence-corrected chi connectivity index (χ3v) is 4.25. The van der Waals surface area contributed by atoms with Crippen LogP contribution in [0.25, 0.3) is 0 Å². The molecule has 1 saturated carbocycles. The lowest BCUT2D eigenvalue weighted by Gasteiger charge is -2.30. The zero-order chi connectivity index (χ0) is 14.6. The molecular formula is C16H23NO3. The number of rotatable bonds is 5. The highest BCUT2D eigenvalue weighted by molar-refractivity contribution is 5.94. The third-order valence-electron chi connectivity index (χ3n) is 4.25. The normalized spacial score (nSPS) is 25.6. The second kappa shape index (κ2) is 6.37. The Hall–Kier alpha value is -1.39. The zero-order valence-electron chi connectivity index (χ0n) is 12.2. The minimum Gasteiger partial charge on any atom is -0.396 e. The molecule has 4 heteroatoms. The summed E-state index contributed by atoms with van der Waals surface area (Å²) in [6, 6.07) is 7.51. The lowest BCUT2D eigenvalue weighted by molar-refractivity contribution is 0.0830. The van der Waals surface area contributed by atoms with Gasteiger partial charge in [-0.15, -0.1) is 0 Å². The van der Waals surface area contributed by atoms with Crippen molar-refractivity contribution < 1.29 is 14.6 Å². The zero-order valence-corrected chi connectivity index (χ0v) is 12.2. The fourth-order valence-electron chi connectivity index (χ4n) is 2.88. The summed E-state index contributed by atoms with van der Waals surface area (Å²) in [7, 11) is 1.64. The fraction of sp³-hybridized carbons (Fsp3) is 0.562. The Morgan fingerprint density at radius 2 is 2.35 bits per heavy atom. The van der Waals surface area contributed by atoms with Gasteiger partial charge in [0, 0.05) is 24.1 Å². The predicted octanol–water partition coefficient (Wildman–Crippen LogP) is 2.11. The number of nitrogens with one attached hydrogen (secondary N) is 1. The first kappa shape index (κ1) is 15.0. The van der Waals surface area contributed by atoms with Gasteiger partial charge in [-0.05, 0) is 30.5 Å². The van der Waals surface area contributed by atoms with Crippen molar-refractivity contribution in [1.82, 2.24) is 5.32 Å². The largest absolute Gasteiger partial charge is 0.396 e. The first-order valence-corrected chi connectivity index (χ1v) is 7.08. The molecule has 2 atom stereocenters. The molecule has 1 aromatic rings. The maximum absolute atomic E-state index is 12.3. The van der Waals surface area contributed by atoms with Gasteiger partial charge in [-0.1, -0.05) is 25.5 Å². The molecule has 20 heavy (non-hydrogen) atoms. The van der Waals surface area contributed by atoms with E-state index in [1.165, 1.54) is 0 Å². The molecule has 0 radical (unpaired) electrons. The van der Waals surface area contributed by atoms with Crippen LogP contribution in [0, 0.1) is 5.41 Å². The SMILES string of the molecule is COCc1cccc(C(=O)NC2CCCC2(C)CO)c1. The quantitative estimate of drug-likeness (QED) is 0.866. The lowest BCUT2D eigenvalue weighted by atomic mass is 9.85. The predicted molar refractivity (Wildman–Crippen MR) is 77.5 cm³/mol. The average molecular weight is 277 g/mol. The summed E-state index contributed by atoms with van der Waals surface area (Å²) in [5.41, 5.74) is 1.43. The van der Waals surface area contributed by atoms with Crippen molar-refractivity contribution in [2.75, 3.05) is 13.7 Å². The van der Waals surface area contributed by atoms with Gasteiger partial charge in [-0.3, -0.25) is 4.79 Å². The van der Waals surface area contributed by atoms with Crippen LogP contribution in [0.15, 0.2) is 24.3 Å². The van der Waals surface area contributed by atoms with Gasteiger partial charge in [0.25, 0.3) is 5.91 Å². The smallest absolute Gasteiger partial charge is 0.251 e. The van der Waals surface area contributed by atoms with Crippen LogP contribution < -0.4 is 5.32 Å². The van der Waals surface area contributed by atoms with Gasteiger partial charge < -0.3 is 15.2 Å². The standard InChI is InChI=1S/C16H23NO3/c1-16(11-18)8-4-7-14(16)17-15(19)13-6-3-5-12(9-13)10-20-2/h3,5-6,9,14,18H,4,7-8,10-11H2,1-2H3,(H,17,19). The monoisotopic (exact) mass is 277 g/mol. The molecule has 0 saturated heterocycles. The van der Waals surface area contributed by atoms with E-state index in [-0.39, 0.29) is 24.0 Å². The van der Waals surface area contributed by atoms with Crippen molar-refractivity contribution in [2.24, 2.45) is 5.41 Å². The Bertz CT molecular complexity index is 475. The van der Waals surface area contributed by atoms with E-state index in [0.717, 1.165) is 24.8 Å². The van der Waals surface area contributed by atoms with E-state index >= 15 is 0 Å². The summed E-state index contributed by atoms with van der Waals surface area (Å²) in [4.78, 5) is 12.3. The Morgan fingerprint density at radius 3 is 3.05 bits per heavy atom. The molecule has 0 heterocycles. The molecule has 0 spiro atoms. The van der Waals surface area contributed by atoms with E-state index in [1.54, 1.807) is 13.2 Å². The van der Waals surface area contributed by atoms with Crippen LogP contribution >= 0.6 is 0 Å². The van der Waals surface area contributed by atoms with Crippen LogP contribution in [0.2, 0.25) is 0 Å². The molecule has 1 aliphatic rings. The van der Waals surface area contributed by atoms with Crippen molar-refractivity contribution in [3.8, 4) is 0 Å². The number of amides is 1. The van der Waals surface area contributed by atoms with Crippen LogP contribution in [0.1, 0.15) is 42.1 Å². The van der Waals surface area contributed by atoms with Gasteiger partial charge in [0.2, 0.25) is 0 Å². The molecule has 110 valence electrons. The summed E-state index contributed by atoms with van der Waals surface area (Å²) in [5.74, 6) is -0.0745. The topological polar surface area (TPSA) is 58.6 Å². The molecule has 1 aliphatic carbocycles. The third kappa shape index (κ3) is 3.19. The van der Waals surface area contributed by atoms with E-state index < -0.39 is 0 Å². The summed E-state index contributed by atoms with van der Waals surface area (Å²) in [5, 5.41) is 12.6. The minimum absolute atomic E-state index is 0.0473. The van der Waals surface area contributed by atoms with Crippen LogP contribution in [0.4, 0.5) is 0 Å². The van der Waals surface area contributed by atoms with Crippen molar-refractivity contribution in [3.05, 3.63) is 35.4 Å². The van der Waals surface area contributed by atoms with Crippen LogP contribution in [0.5, 0.6) is 0 Å². The Morgan fingerprint density at radius 1 is 1.55 bits per heavy atom. The summed E-state index contributed by atoms with van der Waals surface area (Å²) >= 11 is 0. The Balaban J connectivity index is 2.06. The van der Waals surface area contributed by atoms with Crippen molar-refractivity contribution in [2.45, 2.75) is 38.8 Å². The molecule has 0 aliphatic heterocycles. The van der Waals surface area contributed by atoms with Crippen LogP contribution in [-0.2, 0) is 11.3 Å². The first-order valence-electron chi connectivity index (χ1n) is 7.08. The minimum atomic E-state index is -0.195. The van der Waals surface area contributed by atoms with E-state index in [2.05, 4.69) is 5.32 Å². The molecule has 1 amide bonds. The number of carbonyl (C=O) groups is 1. The number of methoxy groups -OCH3 is 1. The second-order valence-corrected chi connectivity index (χ2v) is 5.86. The van der Waals surface area contributed by atoms with Gasteiger partial charge >= 0.3 is 0 Å². The highest BCUT2D eigenvalue weighted by Crippen LogP contribution is 2.37. The number of carbonyl (C=O) groups excluding carboxylic acids is 1. The Kier molecular flexibility index (Phi) is 4.78. The molecule has 1 fully saturated rings. The number of hydrogen-bond acceptors (Lipinski definition) is 3. The average Bonchev–Trinajstić information content (AvgIpc) is 2.81. The first-order chi connectivity index (χ1) is 9.59. The van der Waals surface area contributed by atoms with E-state index in [4.69, 9.17) is 4.74 Å². The number of ether oxygens (including phenoxy) is 1. The maximum atomic E-state index is 12.3. The van der Waals surface area contributed by atoms with Crippen molar-refractivity contribution in [1.29, 1.82) is 0 Å². The van der Waals surface area contributed by atoms with E-state index in [9.17, 15) is 9.90 Å². The van der Waals surface area contributed by atoms with Gasteiger partial charge in [0.05, 0.1) is 13.2 Å². The van der Waals surface area contributed by atoms with Gasteiger partial charge in [-0.2, -0.15) is 0 Å². The Labute approximate surface area is 120 Å². The van der Waals surface area contributed by atoms with Gasteiger partial charge in [0.1, 0.15) is 0 Å². The molecule has 0 bridgehead atoms. The molecule has 2 unspecified atom stereocenters. The number of aliphatic hydroxyl groups is 1. The highest BCUT2D eigenvalue weighted by atomic mass is 16.5. The highest BCUT2D eigenvalue weighted by Gasteiger charge is 2.39. The summed E-state index contributed by atoms with van der Waals surface area (Å²) in [6.45, 7) is 2.65. The number of hydrogen-bond donors (Lipinski definition) is 2. The van der Waals surface area contributed by atoms with Crippen molar-refractivity contribution in [3.63, 3.8) is 0 Å². The van der Waals surface area contributed by atoms with Crippen molar-refractivity contribution >= 4 is 5.91 Å². The lowest BCUT2D eigenvalue weighted by Crippen LogP contribution is -2.44. The summed E-state index contributed by atoms with van der Waals surface area (Å²) < 4.78 is 5.08. The molecule has 2 rings (SSSR count). The van der Waals surface area contributed by atoms with Gasteiger partial charge in [-0.25, -0.2) is 0 Å². The second-order valence-electron chi connectivity index (χ2n) is 5.86. The summed E-state index contributed by atoms with van der Waals surface area (Å²) in [6.07, 6.45) is 2.93.